The van der Waals surface area contributed by atoms with Crippen LogP contribution in [0.5, 0.6) is 11.5 Å². The summed E-state index contributed by atoms with van der Waals surface area (Å²) in [5.41, 5.74) is 11.5. The number of anilines is 1. The van der Waals surface area contributed by atoms with Gasteiger partial charge in [0.1, 0.15) is 29.2 Å². The summed E-state index contributed by atoms with van der Waals surface area (Å²) in [7, 11) is 0. The number of hydrogen-bond donors (Lipinski definition) is 4. The van der Waals surface area contributed by atoms with Gasteiger partial charge in [0.15, 0.2) is 0 Å². The molecule has 6 N–H and O–H groups in total. The SMILES string of the molecule is NC(=O)C[C@@H](NC(=O)Nc1cccc(-c2ccc(Oc3ccc(F)cc3)cc2)n1)C(N)=O. The van der Waals surface area contributed by atoms with Crippen LogP contribution in [0.3, 0.4) is 0 Å². The van der Waals surface area contributed by atoms with Gasteiger partial charge in [0.05, 0.1) is 12.1 Å². The fourth-order valence-corrected chi connectivity index (χ4v) is 2.73. The monoisotopic (exact) mass is 437 g/mol. The van der Waals surface area contributed by atoms with E-state index in [1.165, 1.54) is 24.3 Å². The summed E-state index contributed by atoms with van der Waals surface area (Å²) in [6, 6.07) is 15.7. The van der Waals surface area contributed by atoms with Crippen LogP contribution in [0.2, 0.25) is 0 Å². The van der Waals surface area contributed by atoms with Crippen LogP contribution < -0.4 is 26.8 Å². The largest absolute Gasteiger partial charge is 0.457 e. The Morgan fingerprint density at radius 3 is 2.16 bits per heavy atom. The molecule has 0 saturated carbocycles. The topological polar surface area (TPSA) is 149 Å². The molecule has 0 bridgehead atoms. The van der Waals surface area contributed by atoms with Crippen molar-refractivity contribution in [2.24, 2.45) is 11.5 Å². The molecular formula is C22H20FN5O4. The molecule has 32 heavy (non-hydrogen) atoms. The Kier molecular flexibility index (Phi) is 6.96. The normalized spacial score (nSPS) is 11.3. The molecule has 0 aliphatic heterocycles. The Labute approximate surface area is 182 Å². The third kappa shape index (κ3) is 6.26. The average molecular weight is 437 g/mol. The van der Waals surface area contributed by atoms with Crippen molar-refractivity contribution in [2.75, 3.05) is 5.32 Å². The third-order valence-electron chi connectivity index (χ3n) is 4.24. The van der Waals surface area contributed by atoms with Crippen LogP contribution in [0.25, 0.3) is 11.3 Å². The van der Waals surface area contributed by atoms with Gasteiger partial charge in [-0.05, 0) is 60.7 Å². The summed E-state index contributed by atoms with van der Waals surface area (Å²) in [6.07, 6.45) is -0.414. The molecule has 3 rings (SSSR count). The number of rotatable bonds is 8. The first kappa shape index (κ1) is 22.2. The van der Waals surface area contributed by atoms with Crippen molar-refractivity contribution in [3.05, 3.63) is 72.5 Å². The zero-order chi connectivity index (χ0) is 23.1. The van der Waals surface area contributed by atoms with Gasteiger partial charge >= 0.3 is 6.03 Å². The van der Waals surface area contributed by atoms with E-state index in [2.05, 4.69) is 15.6 Å². The summed E-state index contributed by atoms with van der Waals surface area (Å²) < 4.78 is 18.7. The zero-order valence-corrected chi connectivity index (χ0v) is 16.7. The zero-order valence-electron chi connectivity index (χ0n) is 16.7. The van der Waals surface area contributed by atoms with Gasteiger partial charge in [-0.1, -0.05) is 6.07 Å². The number of nitrogens with one attached hydrogen (secondary N) is 2. The molecule has 0 spiro atoms. The molecule has 0 saturated heterocycles. The molecule has 0 aliphatic rings. The van der Waals surface area contributed by atoms with E-state index in [9.17, 15) is 18.8 Å². The first-order valence-corrected chi connectivity index (χ1v) is 9.46. The van der Waals surface area contributed by atoms with Gasteiger partial charge in [0, 0.05) is 5.56 Å². The van der Waals surface area contributed by atoms with E-state index in [1.807, 2.05) is 0 Å². The summed E-state index contributed by atoms with van der Waals surface area (Å²) in [5, 5.41) is 4.77. The summed E-state index contributed by atoms with van der Waals surface area (Å²) >= 11 is 0. The van der Waals surface area contributed by atoms with Crippen molar-refractivity contribution in [3.63, 3.8) is 0 Å². The molecule has 1 heterocycles. The van der Waals surface area contributed by atoms with Gasteiger partial charge < -0.3 is 21.5 Å². The van der Waals surface area contributed by atoms with Crippen molar-refractivity contribution in [2.45, 2.75) is 12.5 Å². The van der Waals surface area contributed by atoms with Gasteiger partial charge in [0.25, 0.3) is 0 Å². The molecule has 4 amide bonds. The number of primary amides is 2. The van der Waals surface area contributed by atoms with Crippen molar-refractivity contribution in [3.8, 4) is 22.8 Å². The maximum atomic E-state index is 13.0. The molecule has 0 unspecified atom stereocenters. The number of aromatic nitrogens is 1. The number of carbonyl (C=O) groups is 3. The van der Waals surface area contributed by atoms with Crippen molar-refractivity contribution < 1.29 is 23.5 Å². The molecular weight excluding hydrogens is 417 g/mol. The smallest absolute Gasteiger partial charge is 0.321 e. The number of amides is 4. The quantitative estimate of drug-likeness (QED) is 0.427. The highest BCUT2D eigenvalue weighted by molar-refractivity contribution is 5.94. The minimum Gasteiger partial charge on any atom is -0.457 e. The Morgan fingerprint density at radius 1 is 0.938 bits per heavy atom. The molecule has 2 aromatic carbocycles. The van der Waals surface area contributed by atoms with E-state index < -0.39 is 30.3 Å². The van der Waals surface area contributed by atoms with Crippen LogP contribution in [0, 0.1) is 5.82 Å². The lowest BCUT2D eigenvalue weighted by Crippen LogP contribution is -2.48. The molecule has 164 valence electrons. The lowest BCUT2D eigenvalue weighted by atomic mass is 10.1. The third-order valence-corrected chi connectivity index (χ3v) is 4.24. The van der Waals surface area contributed by atoms with E-state index in [0.717, 1.165) is 5.56 Å². The van der Waals surface area contributed by atoms with E-state index in [4.69, 9.17) is 16.2 Å². The Morgan fingerprint density at radius 2 is 1.56 bits per heavy atom. The number of nitrogens with two attached hydrogens (primary N) is 2. The minimum absolute atomic E-state index is 0.217. The predicted octanol–water partition coefficient (Wildman–Crippen LogP) is 2.53. The molecule has 0 fully saturated rings. The second-order valence-electron chi connectivity index (χ2n) is 6.71. The van der Waals surface area contributed by atoms with Gasteiger partial charge in [-0.25, -0.2) is 14.2 Å². The molecule has 1 aromatic heterocycles. The number of hydrogen-bond acceptors (Lipinski definition) is 5. The van der Waals surface area contributed by atoms with E-state index in [1.54, 1.807) is 42.5 Å². The van der Waals surface area contributed by atoms with Gasteiger partial charge in [-0.2, -0.15) is 0 Å². The fourth-order valence-electron chi connectivity index (χ4n) is 2.73. The number of benzene rings is 2. The van der Waals surface area contributed by atoms with Crippen LogP contribution >= 0.6 is 0 Å². The Balaban J connectivity index is 1.66. The van der Waals surface area contributed by atoms with E-state index in [0.29, 0.717) is 17.2 Å². The molecule has 0 aliphatic carbocycles. The van der Waals surface area contributed by atoms with E-state index >= 15 is 0 Å². The molecule has 1 atom stereocenters. The summed E-state index contributed by atoms with van der Waals surface area (Å²) in [6.45, 7) is 0. The maximum Gasteiger partial charge on any atom is 0.321 e. The highest BCUT2D eigenvalue weighted by atomic mass is 19.1. The number of ether oxygens (including phenoxy) is 1. The lowest BCUT2D eigenvalue weighted by molar-refractivity contribution is -0.124. The summed E-state index contributed by atoms with van der Waals surface area (Å²) in [5.74, 6) is -0.737. The highest BCUT2D eigenvalue weighted by Gasteiger charge is 2.20. The number of carbonyl (C=O) groups excluding carboxylic acids is 3. The fraction of sp³-hybridized carbons (Fsp3) is 0.0909. The second kappa shape index (κ2) is 10.0. The minimum atomic E-state index is -1.23. The van der Waals surface area contributed by atoms with Crippen LogP contribution in [0.1, 0.15) is 6.42 Å². The lowest BCUT2D eigenvalue weighted by Gasteiger charge is -2.14. The first-order valence-electron chi connectivity index (χ1n) is 9.46. The van der Waals surface area contributed by atoms with Gasteiger partial charge in [-0.15, -0.1) is 0 Å². The molecule has 10 heteroatoms. The standard InChI is InChI=1S/C22H20FN5O4/c23-14-6-10-16(11-7-14)32-15-8-4-13(5-9-15)17-2-1-3-20(26-17)28-22(31)27-18(21(25)30)12-19(24)29/h1-11,18H,12H2,(H2,24,29)(H2,25,30)(H2,26,27,28,31)/t18-/m1/s1. The first-order chi connectivity index (χ1) is 15.3. The van der Waals surface area contributed by atoms with E-state index in [-0.39, 0.29) is 11.6 Å². The second-order valence-corrected chi connectivity index (χ2v) is 6.71. The Hall–Kier alpha value is -4.47. The van der Waals surface area contributed by atoms with Crippen molar-refractivity contribution >= 4 is 23.7 Å². The molecule has 3 aromatic rings. The highest BCUT2D eigenvalue weighted by Crippen LogP contribution is 2.25. The Bertz CT molecular complexity index is 1120. The maximum absolute atomic E-state index is 13.0. The van der Waals surface area contributed by atoms with Crippen molar-refractivity contribution in [1.82, 2.24) is 10.3 Å². The number of nitrogens with zero attached hydrogens (tertiary/aromatic N) is 1. The van der Waals surface area contributed by atoms with Crippen molar-refractivity contribution in [1.29, 1.82) is 0 Å². The van der Waals surface area contributed by atoms with Crippen LogP contribution in [-0.2, 0) is 9.59 Å². The van der Waals surface area contributed by atoms with Crippen LogP contribution in [-0.4, -0.2) is 28.9 Å². The van der Waals surface area contributed by atoms with Gasteiger partial charge in [0.2, 0.25) is 11.8 Å². The number of urea groups is 1. The average Bonchev–Trinajstić information content (AvgIpc) is 2.75. The predicted molar refractivity (Wildman–Crippen MR) is 115 cm³/mol. The van der Waals surface area contributed by atoms with Crippen LogP contribution in [0.4, 0.5) is 15.0 Å². The number of pyridine rings is 1. The molecule has 9 nitrogen and oxygen atoms in total. The van der Waals surface area contributed by atoms with Gasteiger partial charge in [-0.3, -0.25) is 14.9 Å². The molecule has 0 radical (unpaired) electrons. The van der Waals surface area contributed by atoms with Crippen LogP contribution in [0.15, 0.2) is 66.7 Å². The number of halogens is 1. The summed E-state index contributed by atoms with van der Waals surface area (Å²) in [4.78, 5) is 38.8.